The van der Waals surface area contributed by atoms with Crippen molar-refractivity contribution in [3.8, 4) is 5.75 Å². The zero-order valence-electron chi connectivity index (χ0n) is 15.0. The second-order valence-electron chi connectivity index (χ2n) is 6.15. The van der Waals surface area contributed by atoms with Crippen molar-refractivity contribution in [1.29, 1.82) is 0 Å². The maximum atomic E-state index is 12.9. The summed E-state index contributed by atoms with van der Waals surface area (Å²) in [6.07, 6.45) is 6.41. The highest BCUT2D eigenvalue weighted by molar-refractivity contribution is 6.15. The second kappa shape index (κ2) is 7.36. The van der Waals surface area contributed by atoms with Crippen molar-refractivity contribution >= 4 is 22.6 Å². The molecule has 0 aliphatic rings. The molecule has 28 heavy (non-hydrogen) atoms. The number of hydrogen-bond acceptors (Lipinski definition) is 6. The van der Waals surface area contributed by atoms with Gasteiger partial charge in [0.25, 0.3) is 0 Å². The number of hydrogen-bond donors (Lipinski definition) is 3. The topological polar surface area (TPSA) is 113 Å². The van der Waals surface area contributed by atoms with Gasteiger partial charge in [0, 0.05) is 47.7 Å². The lowest BCUT2D eigenvalue weighted by Gasteiger charge is -2.06. The van der Waals surface area contributed by atoms with Gasteiger partial charge in [-0.05, 0) is 23.8 Å². The van der Waals surface area contributed by atoms with Crippen LogP contribution in [0.3, 0.4) is 0 Å². The molecule has 0 unspecified atom stereocenters. The Bertz CT molecular complexity index is 1170. The van der Waals surface area contributed by atoms with Crippen molar-refractivity contribution in [1.82, 2.24) is 19.9 Å². The van der Waals surface area contributed by atoms with Crippen molar-refractivity contribution in [2.45, 2.75) is 6.54 Å². The molecule has 0 fully saturated rings. The number of fused-ring (bicyclic) bond motifs is 1. The number of ether oxygens (including phenoxy) is 1. The Morgan fingerprint density at radius 2 is 2.00 bits per heavy atom. The molecule has 0 aromatic carbocycles. The van der Waals surface area contributed by atoms with E-state index in [4.69, 9.17) is 4.74 Å². The smallest absolute Gasteiger partial charge is 0.247 e. The van der Waals surface area contributed by atoms with Crippen LogP contribution in [0.5, 0.6) is 5.75 Å². The minimum absolute atomic E-state index is 0.144. The highest BCUT2D eigenvalue weighted by Crippen LogP contribution is 2.23. The summed E-state index contributed by atoms with van der Waals surface area (Å²) in [6.45, 7) is 0.505. The van der Waals surface area contributed by atoms with E-state index < -0.39 is 0 Å². The highest BCUT2D eigenvalue weighted by atomic mass is 16.5. The summed E-state index contributed by atoms with van der Waals surface area (Å²) in [5.41, 5.74) is 2.38. The fraction of sp³-hybridized carbons (Fsp3) is 0.100. The Hall–Kier alpha value is -3.94. The third-order valence-corrected chi connectivity index (χ3v) is 4.33. The molecule has 140 valence electrons. The van der Waals surface area contributed by atoms with Gasteiger partial charge in [0.05, 0.1) is 13.3 Å². The summed E-state index contributed by atoms with van der Waals surface area (Å²) in [5.74, 6) is 1.06. The molecule has 4 aromatic heterocycles. The lowest BCUT2D eigenvalue weighted by Crippen LogP contribution is -2.07. The molecule has 0 amide bonds. The largest absolute Gasteiger partial charge is 0.495 e. The van der Waals surface area contributed by atoms with Gasteiger partial charge in [-0.25, -0.2) is 9.97 Å². The third kappa shape index (κ3) is 3.48. The Labute approximate surface area is 159 Å². The zero-order chi connectivity index (χ0) is 19.5. The van der Waals surface area contributed by atoms with Crippen LogP contribution in [0, 0.1) is 0 Å². The molecule has 4 rings (SSSR count). The minimum atomic E-state index is -0.152. The third-order valence-electron chi connectivity index (χ3n) is 4.33. The van der Waals surface area contributed by atoms with Crippen LogP contribution in [0.25, 0.3) is 11.0 Å². The summed E-state index contributed by atoms with van der Waals surface area (Å²) in [4.78, 5) is 38.1. The zero-order valence-corrected chi connectivity index (χ0v) is 15.0. The van der Waals surface area contributed by atoms with Gasteiger partial charge in [-0.3, -0.25) is 9.59 Å². The fourth-order valence-electron chi connectivity index (χ4n) is 2.82. The first kappa shape index (κ1) is 17.5. The number of anilines is 1. The van der Waals surface area contributed by atoms with Crippen LogP contribution in [0.15, 0.2) is 59.9 Å². The first-order valence-electron chi connectivity index (χ1n) is 8.57. The van der Waals surface area contributed by atoms with E-state index in [2.05, 4.69) is 25.3 Å². The predicted molar refractivity (Wildman–Crippen MR) is 105 cm³/mol. The van der Waals surface area contributed by atoms with E-state index in [1.54, 1.807) is 50.0 Å². The summed E-state index contributed by atoms with van der Waals surface area (Å²) in [5, 5.41) is 3.85. The SMILES string of the molecule is COc1cnc2[nH]cc(C(=O)c3ccc(NCc4ccc(=O)[nH]c4)nc3)c2c1. The van der Waals surface area contributed by atoms with Gasteiger partial charge in [-0.1, -0.05) is 6.07 Å². The van der Waals surface area contributed by atoms with Gasteiger partial charge in [0.2, 0.25) is 5.56 Å². The standard InChI is InChI=1S/C20H17N5O3/c1-28-14-6-15-16(11-25-20(15)24-10-14)19(27)13-3-4-17(22-9-13)21-7-12-2-5-18(26)23-8-12/h2-6,8-11H,7H2,1H3,(H,21,22)(H,23,26)(H,24,25). The average Bonchev–Trinajstić information content (AvgIpc) is 3.16. The molecule has 8 heteroatoms. The van der Waals surface area contributed by atoms with Gasteiger partial charge in [0.1, 0.15) is 17.2 Å². The van der Waals surface area contributed by atoms with E-state index >= 15 is 0 Å². The lowest BCUT2D eigenvalue weighted by atomic mass is 10.1. The predicted octanol–water partition coefficient (Wildman–Crippen LogP) is 2.50. The number of ketones is 1. The lowest BCUT2D eigenvalue weighted by molar-refractivity contribution is 0.104. The molecule has 0 aliphatic carbocycles. The normalized spacial score (nSPS) is 10.8. The van der Waals surface area contributed by atoms with Crippen molar-refractivity contribution in [3.05, 3.63) is 82.2 Å². The Morgan fingerprint density at radius 1 is 1.11 bits per heavy atom. The molecule has 0 atom stereocenters. The number of nitrogens with zero attached hydrogens (tertiary/aromatic N) is 2. The van der Waals surface area contributed by atoms with Crippen molar-refractivity contribution in [2.75, 3.05) is 12.4 Å². The molecule has 4 aromatic rings. The number of pyridine rings is 3. The van der Waals surface area contributed by atoms with Gasteiger partial charge in [-0.2, -0.15) is 0 Å². The van der Waals surface area contributed by atoms with Crippen LogP contribution in [-0.4, -0.2) is 32.8 Å². The molecule has 4 heterocycles. The van der Waals surface area contributed by atoms with Gasteiger partial charge >= 0.3 is 0 Å². The summed E-state index contributed by atoms with van der Waals surface area (Å²) in [6, 6.07) is 8.45. The number of aromatic nitrogens is 4. The van der Waals surface area contributed by atoms with Crippen LogP contribution in [0.4, 0.5) is 5.82 Å². The first-order chi connectivity index (χ1) is 13.6. The molecular formula is C20H17N5O3. The molecule has 0 spiro atoms. The molecule has 0 radical (unpaired) electrons. The monoisotopic (exact) mass is 375 g/mol. The van der Waals surface area contributed by atoms with Crippen LogP contribution in [-0.2, 0) is 6.54 Å². The number of rotatable bonds is 6. The second-order valence-corrected chi connectivity index (χ2v) is 6.15. The van der Waals surface area contributed by atoms with Gasteiger partial charge in [-0.15, -0.1) is 0 Å². The van der Waals surface area contributed by atoms with Crippen LogP contribution in [0.2, 0.25) is 0 Å². The van der Waals surface area contributed by atoms with Crippen LogP contribution >= 0.6 is 0 Å². The van der Waals surface area contributed by atoms with Crippen molar-refractivity contribution in [3.63, 3.8) is 0 Å². The fourth-order valence-corrected chi connectivity index (χ4v) is 2.82. The van der Waals surface area contributed by atoms with E-state index in [1.165, 1.54) is 12.3 Å². The summed E-state index contributed by atoms with van der Waals surface area (Å²) >= 11 is 0. The number of carbonyl (C=O) groups excluding carboxylic acids is 1. The van der Waals surface area contributed by atoms with Crippen LogP contribution < -0.4 is 15.6 Å². The Kier molecular flexibility index (Phi) is 4.59. The minimum Gasteiger partial charge on any atom is -0.495 e. The van der Waals surface area contributed by atoms with Gasteiger partial charge in [0.15, 0.2) is 5.78 Å². The van der Waals surface area contributed by atoms with Gasteiger partial charge < -0.3 is 20.0 Å². The highest BCUT2D eigenvalue weighted by Gasteiger charge is 2.16. The summed E-state index contributed by atoms with van der Waals surface area (Å²) in [7, 11) is 1.56. The Balaban J connectivity index is 1.51. The molecule has 3 N–H and O–H groups in total. The number of aromatic amines is 2. The average molecular weight is 375 g/mol. The maximum absolute atomic E-state index is 12.9. The van der Waals surface area contributed by atoms with E-state index in [0.717, 1.165) is 5.56 Å². The van der Waals surface area contributed by atoms with E-state index in [-0.39, 0.29) is 11.3 Å². The number of carbonyl (C=O) groups is 1. The molecule has 0 aliphatic heterocycles. The molecule has 0 bridgehead atoms. The number of methoxy groups -OCH3 is 1. The Morgan fingerprint density at radius 3 is 2.71 bits per heavy atom. The summed E-state index contributed by atoms with van der Waals surface area (Å²) < 4.78 is 5.19. The molecule has 8 nitrogen and oxygen atoms in total. The maximum Gasteiger partial charge on any atom is 0.247 e. The van der Waals surface area contributed by atoms with Crippen LogP contribution in [0.1, 0.15) is 21.5 Å². The van der Waals surface area contributed by atoms with E-state index in [0.29, 0.717) is 40.3 Å². The molecule has 0 saturated heterocycles. The van der Waals surface area contributed by atoms with E-state index in [9.17, 15) is 9.59 Å². The van der Waals surface area contributed by atoms with E-state index in [1.807, 2.05) is 0 Å². The number of nitrogens with one attached hydrogen (secondary N) is 3. The quantitative estimate of drug-likeness (QED) is 0.446. The number of H-pyrrole nitrogens is 2. The van der Waals surface area contributed by atoms with Crippen molar-refractivity contribution < 1.29 is 9.53 Å². The first-order valence-corrected chi connectivity index (χ1v) is 8.57. The molecule has 0 saturated carbocycles. The van der Waals surface area contributed by atoms with Crippen molar-refractivity contribution in [2.24, 2.45) is 0 Å². The molecular weight excluding hydrogens is 358 g/mol.